The molecule has 0 saturated heterocycles. The predicted molar refractivity (Wildman–Crippen MR) is 201 cm³/mol. The monoisotopic (exact) mass is 656 g/mol. The third kappa shape index (κ3) is 4.10. The molecule has 0 bridgehead atoms. The Kier molecular flexibility index (Phi) is 6.66. The van der Waals surface area contributed by atoms with Crippen molar-refractivity contribution in [2.24, 2.45) is 0 Å². The second kappa shape index (κ2) is 11.1. The second-order valence-corrected chi connectivity index (χ2v) is 17.1. The van der Waals surface area contributed by atoms with Crippen molar-refractivity contribution >= 4 is 58.6 Å². The molecule has 230 valence electrons. The smallest absolute Gasteiger partial charge is 0.234 e. The summed E-state index contributed by atoms with van der Waals surface area (Å²) < 4.78 is 36.7. The van der Waals surface area contributed by atoms with E-state index in [1.165, 1.54) is 0 Å². The van der Waals surface area contributed by atoms with Crippen LogP contribution in [0.15, 0.2) is 182 Å². The topological polar surface area (TPSA) is 40.6 Å². The fourth-order valence-electron chi connectivity index (χ4n) is 7.31. The summed E-state index contributed by atoms with van der Waals surface area (Å²) in [5, 5.41) is 2.95. The minimum Gasteiger partial charge on any atom is -0.289 e. The third-order valence-electron chi connectivity index (χ3n) is 9.39. The highest BCUT2D eigenvalue weighted by Crippen LogP contribution is 2.65. The summed E-state index contributed by atoms with van der Waals surface area (Å²) in [6.45, 7) is 0. The maximum atomic E-state index is 16.3. The molecule has 2 heterocycles. The number of nitrogens with zero attached hydrogens (tertiary/aromatic N) is 2. The van der Waals surface area contributed by atoms with Crippen LogP contribution in [-0.2, 0) is 9.13 Å². The molecule has 4 nitrogen and oxygen atoms in total. The molecule has 2 aliphatic rings. The van der Waals surface area contributed by atoms with Crippen LogP contribution in [0.2, 0.25) is 0 Å². The van der Waals surface area contributed by atoms with Gasteiger partial charge in [0.2, 0.25) is 14.6 Å². The molecule has 0 amide bonds. The highest BCUT2D eigenvalue weighted by molar-refractivity contribution is 7.81. The van der Waals surface area contributed by atoms with Crippen LogP contribution < -0.4 is 30.6 Å². The summed E-state index contributed by atoms with van der Waals surface area (Å²) in [6.07, 6.45) is 0. The number of rotatable bonds is 4. The first-order valence-corrected chi connectivity index (χ1v) is 19.3. The van der Waals surface area contributed by atoms with Crippen LogP contribution in [0.3, 0.4) is 0 Å². The van der Waals surface area contributed by atoms with Crippen molar-refractivity contribution in [2.45, 2.75) is 0 Å². The second-order valence-electron chi connectivity index (χ2n) is 12.0. The number of benzene rings is 7. The van der Waals surface area contributed by atoms with E-state index >= 15 is 9.13 Å². The average Bonchev–Trinajstić information content (AvgIpc) is 3.16. The van der Waals surface area contributed by atoms with Gasteiger partial charge in [-0.1, -0.05) is 109 Å². The number of fused-ring (bicyclic) bond motifs is 6. The summed E-state index contributed by atoms with van der Waals surface area (Å²) >= 11 is 0. The van der Waals surface area contributed by atoms with Gasteiger partial charge in [-0.05, 0) is 83.9 Å². The average molecular weight is 657 g/mol. The van der Waals surface area contributed by atoms with E-state index in [4.69, 9.17) is 0 Å². The molecular weight excluding hydrogens is 626 g/mol. The van der Waals surface area contributed by atoms with Gasteiger partial charge in [-0.15, -0.1) is 0 Å². The molecule has 0 aliphatic carbocycles. The lowest BCUT2D eigenvalue weighted by Crippen LogP contribution is -2.38. The lowest BCUT2D eigenvalue weighted by atomic mass is 9.97. The van der Waals surface area contributed by atoms with Crippen molar-refractivity contribution < 1.29 is 9.13 Å². The van der Waals surface area contributed by atoms with Gasteiger partial charge in [0, 0.05) is 43.7 Å². The standard InChI is InChI=1S/C42H30N2O2P2/c45-47(33-21-9-3-10-22-33)41-29-38-36-26-14-16-28-40(36)44(32-19-7-2-8-20-32)48(46,34-23-11-4-12-24-34)42(38)30-37(41)35-25-13-15-27-39(35)43(47)31-17-5-1-6-18-31/h1-30H. The SMILES string of the molecule is O=P1(c2ccccc2)c2cc3c(cc2-c2ccccc2N1c1ccccc1)P(=O)(c1ccccc1)N(c1ccccc1)c1ccccc1-3. The van der Waals surface area contributed by atoms with E-state index in [2.05, 4.69) is 24.3 Å². The Bertz CT molecular complexity index is 2240. The first-order chi connectivity index (χ1) is 23.6. The van der Waals surface area contributed by atoms with Gasteiger partial charge in [0.25, 0.3) is 0 Å². The Morgan fingerprint density at radius 3 is 1.02 bits per heavy atom. The molecular formula is C42H30N2O2P2. The highest BCUT2D eigenvalue weighted by Gasteiger charge is 2.48. The summed E-state index contributed by atoms with van der Waals surface area (Å²) in [5.41, 5.74) is 7.00. The quantitative estimate of drug-likeness (QED) is 0.177. The molecule has 7 aromatic carbocycles. The molecule has 0 radical (unpaired) electrons. The van der Waals surface area contributed by atoms with Gasteiger partial charge in [-0.25, -0.2) is 0 Å². The van der Waals surface area contributed by atoms with E-state index in [1.54, 1.807) is 0 Å². The van der Waals surface area contributed by atoms with Gasteiger partial charge in [0.15, 0.2) is 0 Å². The molecule has 48 heavy (non-hydrogen) atoms. The van der Waals surface area contributed by atoms with Crippen molar-refractivity contribution in [1.82, 2.24) is 0 Å². The van der Waals surface area contributed by atoms with Gasteiger partial charge >= 0.3 is 0 Å². The molecule has 0 fully saturated rings. The number of anilines is 4. The van der Waals surface area contributed by atoms with Crippen LogP contribution in [0.1, 0.15) is 0 Å². The number of para-hydroxylation sites is 4. The Hall–Kier alpha value is -5.40. The Morgan fingerprint density at radius 1 is 0.333 bits per heavy atom. The van der Waals surface area contributed by atoms with E-state index in [-0.39, 0.29) is 0 Å². The lowest BCUT2D eigenvalue weighted by molar-refractivity contribution is 0.585. The predicted octanol–water partition coefficient (Wildman–Crippen LogP) is 9.78. The van der Waals surface area contributed by atoms with Gasteiger partial charge in [-0.3, -0.25) is 18.5 Å². The summed E-state index contributed by atoms with van der Waals surface area (Å²) in [6, 6.07) is 60.0. The molecule has 2 aliphatic heterocycles. The zero-order valence-corrected chi connectivity index (χ0v) is 27.7. The largest absolute Gasteiger partial charge is 0.289 e. The van der Waals surface area contributed by atoms with E-state index in [1.807, 2.05) is 167 Å². The van der Waals surface area contributed by atoms with Crippen molar-refractivity contribution in [2.75, 3.05) is 9.34 Å². The van der Waals surface area contributed by atoms with E-state index in [0.717, 1.165) is 66.2 Å². The molecule has 0 spiro atoms. The van der Waals surface area contributed by atoms with Crippen LogP contribution in [0.4, 0.5) is 22.7 Å². The minimum absolute atomic E-state index is 0.734. The maximum absolute atomic E-state index is 16.3. The zero-order chi connectivity index (χ0) is 32.3. The molecule has 0 saturated carbocycles. The van der Waals surface area contributed by atoms with Gasteiger partial charge in [0.05, 0.1) is 11.4 Å². The molecule has 2 atom stereocenters. The molecule has 9 rings (SSSR count). The fourth-order valence-corrected chi connectivity index (χ4v) is 13.4. The van der Waals surface area contributed by atoms with Crippen LogP contribution in [-0.4, -0.2) is 0 Å². The van der Waals surface area contributed by atoms with Gasteiger partial charge in [-0.2, -0.15) is 0 Å². The van der Waals surface area contributed by atoms with Crippen LogP contribution in [0.25, 0.3) is 22.3 Å². The molecule has 7 aromatic rings. The van der Waals surface area contributed by atoms with Crippen LogP contribution in [0.5, 0.6) is 0 Å². The van der Waals surface area contributed by atoms with E-state index in [9.17, 15) is 0 Å². The minimum atomic E-state index is -3.54. The molecule has 0 aromatic heterocycles. The van der Waals surface area contributed by atoms with Crippen LogP contribution in [0, 0.1) is 0 Å². The molecule has 6 heteroatoms. The van der Waals surface area contributed by atoms with Crippen LogP contribution >= 0.6 is 14.6 Å². The third-order valence-corrected chi connectivity index (χ3v) is 15.5. The normalized spacial score (nSPS) is 19.1. The first kappa shape index (κ1) is 28.8. The van der Waals surface area contributed by atoms with Crippen molar-refractivity contribution in [3.63, 3.8) is 0 Å². The fraction of sp³-hybridized carbons (Fsp3) is 0. The lowest BCUT2D eigenvalue weighted by Gasteiger charge is -2.43. The van der Waals surface area contributed by atoms with Crippen molar-refractivity contribution in [3.05, 3.63) is 182 Å². The Balaban J connectivity index is 1.43. The first-order valence-electron chi connectivity index (χ1n) is 16.0. The zero-order valence-electron chi connectivity index (χ0n) is 25.9. The molecule has 0 N–H and O–H groups in total. The van der Waals surface area contributed by atoms with Crippen molar-refractivity contribution in [3.8, 4) is 22.3 Å². The van der Waals surface area contributed by atoms with Gasteiger partial charge < -0.3 is 0 Å². The summed E-state index contributed by atoms with van der Waals surface area (Å²) in [7, 11) is -7.07. The van der Waals surface area contributed by atoms with E-state index in [0.29, 0.717) is 0 Å². The Labute approximate surface area is 280 Å². The summed E-state index contributed by atoms with van der Waals surface area (Å²) in [5.74, 6) is 0. The number of hydrogen-bond acceptors (Lipinski definition) is 2. The molecule has 2 unspecified atom stereocenters. The maximum Gasteiger partial charge on any atom is 0.234 e. The van der Waals surface area contributed by atoms with Gasteiger partial charge in [0.1, 0.15) is 0 Å². The Morgan fingerprint density at radius 2 is 0.646 bits per heavy atom. The van der Waals surface area contributed by atoms with E-state index < -0.39 is 14.6 Å². The highest BCUT2D eigenvalue weighted by atomic mass is 31.2. The summed E-state index contributed by atoms with van der Waals surface area (Å²) in [4.78, 5) is 0. The van der Waals surface area contributed by atoms with Crippen molar-refractivity contribution in [1.29, 1.82) is 0 Å². The number of hydrogen-bond donors (Lipinski definition) is 0.